The molecule has 0 unspecified atom stereocenters. The topological polar surface area (TPSA) is 43.2 Å². The first-order chi connectivity index (χ1) is 10.8. The number of anilines is 1. The lowest BCUT2D eigenvalue weighted by Crippen LogP contribution is -2.46. The molecule has 1 saturated heterocycles. The second kappa shape index (κ2) is 9.42. The van der Waals surface area contributed by atoms with E-state index in [1.54, 1.807) is 6.20 Å². The van der Waals surface area contributed by atoms with Crippen LogP contribution >= 0.6 is 0 Å². The molecule has 1 aromatic rings. The molecule has 0 atom stereocenters. The van der Waals surface area contributed by atoms with Gasteiger partial charge in [0.1, 0.15) is 11.9 Å². The second-order valence-corrected chi connectivity index (χ2v) is 6.11. The number of pyridine rings is 1. The highest BCUT2D eigenvalue weighted by Gasteiger charge is 2.17. The molecule has 0 aliphatic carbocycles. The maximum Gasteiger partial charge on any atom is 0.128 e. The fourth-order valence-electron chi connectivity index (χ4n) is 2.96. The van der Waals surface area contributed by atoms with Gasteiger partial charge in [-0.2, -0.15) is 5.26 Å². The first kappa shape index (κ1) is 16.8. The van der Waals surface area contributed by atoms with Crippen LogP contribution in [0.15, 0.2) is 18.3 Å². The summed E-state index contributed by atoms with van der Waals surface area (Å²) in [6.45, 7) is 7.82. The minimum Gasteiger partial charge on any atom is -0.354 e. The van der Waals surface area contributed by atoms with Gasteiger partial charge >= 0.3 is 0 Å². The molecule has 0 saturated carbocycles. The number of rotatable bonds is 8. The average Bonchev–Trinajstić information content (AvgIpc) is 2.59. The van der Waals surface area contributed by atoms with Crippen molar-refractivity contribution in [2.24, 2.45) is 0 Å². The Morgan fingerprint density at radius 3 is 2.41 bits per heavy atom. The molecule has 1 aliphatic rings. The number of nitrogens with zero attached hydrogens (tertiary/aromatic N) is 4. The van der Waals surface area contributed by atoms with E-state index in [0.717, 1.165) is 32.0 Å². The van der Waals surface area contributed by atoms with Crippen LogP contribution in [0.4, 0.5) is 5.82 Å². The number of piperazine rings is 1. The van der Waals surface area contributed by atoms with Crippen LogP contribution in [0, 0.1) is 11.3 Å². The van der Waals surface area contributed by atoms with Crippen molar-refractivity contribution >= 4 is 5.82 Å². The summed E-state index contributed by atoms with van der Waals surface area (Å²) in [6, 6.07) is 5.93. The molecule has 4 heteroatoms. The third kappa shape index (κ3) is 5.31. The quantitative estimate of drug-likeness (QED) is 0.690. The van der Waals surface area contributed by atoms with Gasteiger partial charge in [-0.05, 0) is 25.1 Å². The van der Waals surface area contributed by atoms with E-state index < -0.39 is 0 Å². The summed E-state index contributed by atoms with van der Waals surface area (Å²) in [5, 5.41) is 8.81. The zero-order valence-electron chi connectivity index (χ0n) is 13.8. The summed E-state index contributed by atoms with van der Waals surface area (Å²) in [5.41, 5.74) is 0.630. The monoisotopic (exact) mass is 300 g/mol. The third-order valence-electron chi connectivity index (χ3n) is 4.40. The predicted octanol–water partition coefficient (Wildman–Crippen LogP) is 3.44. The average molecular weight is 300 g/mol. The van der Waals surface area contributed by atoms with Crippen LogP contribution in [-0.2, 0) is 0 Å². The van der Waals surface area contributed by atoms with Gasteiger partial charge in [-0.3, -0.25) is 4.90 Å². The van der Waals surface area contributed by atoms with Crippen molar-refractivity contribution in [2.75, 3.05) is 37.6 Å². The van der Waals surface area contributed by atoms with E-state index in [2.05, 4.69) is 27.8 Å². The summed E-state index contributed by atoms with van der Waals surface area (Å²) >= 11 is 0. The minimum absolute atomic E-state index is 0.630. The SMILES string of the molecule is CCCCCCCCN1CCN(c2ccc(C#N)cn2)CC1. The van der Waals surface area contributed by atoms with E-state index in [9.17, 15) is 0 Å². The highest BCUT2D eigenvalue weighted by molar-refractivity contribution is 5.42. The molecule has 0 amide bonds. The molecular formula is C18H28N4. The minimum atomic E-state index is 0.630. The van der Waals surface area contributed by atoms with Gasteiger partial charge in [0.2, 0.25) is 0 Å². The molecule has 120 valence electrons. The summed E-state index contributed by atoms with van der Waals surface area (Å²) < 4.78 is 0. The summed E-state index contributed by atoms with van der Waals surface area (Å²) in [5.74, 6) is 0.998. The van der Waals surface area contributed by atoms with E-state index in [4.69, 9.17) is 5.26 Å². The molecule has 0 radical (unpaired) electrons. The lowest BCUT2D eigenvalue weighted by Gasteiger charge is -2.35. The van der Waals surface area contributed by atoms with Crippen molar-refractivity contribution in [3.63, 3.8) is 0 Å². The van der Waals surface area contributed by atoms with Gasteiger partial charge in [0.05, 0.1) is 5.56 Å². The molecule has 0 spiro atoms. The Balaban J connectivity index is 1.64. The Bertz CT molecular complexity index is 455. The standard InChI is InChI=1S/C18H28N4/c1-2-3-4-5-6-7-10-21-11-13-22(14-12-21)18-9-8-17(15-19)16-20-18/h8-9,16H,2-7,10-14H2,1H3. The number of nitriles is 1. The number of hydrogen-bond acceptors (Lipinski definition) is 4. The van der Waals surface area contributed by atoms with Crippen LogP contribution < -0.4 is 4.90 Å². The van der Waals surface area contributed by atoms with E-state index in [1.807, 2.05) is 12.1 Å². The molecule has 2 heterocycles. The van der Waals surface area contributed by atoms with E-state index in [0.29, 0.717) is 5.56 Å². The molecule has 0 bridgehead atoms. The summed E-state index contributed by atoms with van der Waals surface area (Å²) in [7, 11) is 0. The number of hydrogen-bond donors (Lipinski definition) is 0. The predicted molar refractivity (Wildman–Crippen MR) is 91.0 cm³/mol. The van der Waals surface area contributed by atoms with Crippen molar-refractivity contribution in [2.45, 2.75) is 45.4 Å². The van der Waals surface area contributed by atoms with Crippen molar-refractivity contribution in [3.8, 4) is 6.07 Å². The van der Waals surface area contributed by atoms with Gasteiger partial charge in [0.15, 0.2) is 0 Å². The third-order valence-corrected chi connectivity index (χ3v) is 4.40. The molecule has 0 N–H and O–H groups in total. The van der Waals surface area contributed by atoms with E-state index >= 15 is 0 Å². The fraction of sp³-hybridized carbons (Fsp3) is 0.667. The molecule has 0 aromatic carbocycles. The first-order valence-corrected chi connectivity index (χ1v) is 8.67. The Labute approximate surface area is 134 Å². The van der Waals surface area contributed by atoms with Crippen LogP contribution in [0.5, 0.6) is 0 Å². The Morgan fingerprint density at radius 2 is 1.77 bits per heavy atom. The lowest BCUT2D eigenvalue weighted by atomic mass is 10.1. The second-order valence-electron chi connectivity index (χ2n) is 6.11. The van der Waals surface area contributed by atoms with Crippen molar-refractivity contribution in [3.05, 3.63) is 23.9 Å². The number of unbranched alkanes of at least 4 members (excludes halogenated alkanes) is 5. The van der Waals surface area contributed by atoms with Crippen LogP contribution in [0.3, 0.4) is 0 Å². The Morgan fingerprint density at radius 1 is 1.05 bits per heavy atom. The van der Waals surface area contributed by atoms with Crippen molar-refractivity contribution in [1.29, 1.82) is 5.26 Å². The Kier molecular flexibility index (Phi) is 7.18. The molecule has 1 aromatic heterocycles. The first-order valence-electron chi connectivity index (χ1n) is 8.67. The molecule has 1 aliphatic heterocycles. The zero-order valence-corrected chi connectivity index (χ0v) is 13.8. The van der Waals surface area contributed by atoms with Gasteiger partial charge in [0, 0.05) is 32.4 Å². The Hall–Kier alpha value is -1.60. The zero-order chi connectivity index (χ0) is 15.6. The maximum absolute atomic E-state index is 8.81. The van der Waals surface area contributed by atoms with Crippen LogP contribution in [0.1, 0.15) is 51.0 Å². The van der Waals surface area contributed by atoms with Crippen LogP contribution in [0.25, 0.3) is 0 Å². The van der Waals surface area contributed by atoms with Crippen LogP contribution in [0.2, 0.25) is 0 Å². The molecule has 2 rings (SSSR count). The van der Waals surface area contributed by atoms with Crippen LogP contribution in [-0.4, -0.2) is 42.6 Å². The largest absolute Gasteiger partial charge is 0.354 e. The summed E-state index contributed by atoms with van der Waals surface area (Å²) in [4.78, 5) is 9.27. The van der Waals surface area contributed by atoms with Crippen molar-refractivity contribution in [1.82, 2.24) is 9.88 Å². The molecule has 4 nitrogen and oxygen atoms in total. The van der Waals surface area contributed by atoms with Gasteiger partial charge in [-0.25, -0.2) is 4.98 Å². The van der Waals surface area contributed by atoms with E-state index in [-0.39, 0.29) is 0 Å². The lowest BCUT2D eigenvalue weighted by molar-refractivity contribution is 0.251. The van der Waals surface area contributed by atoms with Crippen molar-refractivity contribution < 1.29 is 0 Å². The fourth-order valence-corrected chi connectivity index (χ4v) is 2.96. The highest BCUT2D eigenvalue weighted by Crippen LogP contribution is 2.14. The molecular weight excluding hydrogens is 272 g/mol. The summed E-state index contributed by atoms with van der Waals surface area (Å²) in [6.07, 6.45) is 9.87. The normalized spacial score (nSPS) is 15.7. The smallest absolute Gasteiger partial charge is 0.128 e. The number of aromatic nitrogens is 1. The van der Waals surface area contributed by atoms with Gasteiger partial charge in [-0.15, -0.1) is 0 Å². The molecule has 1 fully saturated rings. The molecule has 22 heavy (non-hydrogen) atoms. The maximum atomic E-state index is 8.81. The van der Waals surface area contributed by atoms with Gasteiger partial charge < -0.3 is 4.90 Å². The highest BCUT2D eigenvalue weighted by atomic mass is 15.3. The van der Waals surface area contributed by atoms with Gasteiger partial charge in [0.25, 0.3) is 0 Å². The van der Waals surface area contributed by atoms with E-state index in [1.165, 1.54) is 45.1 Å². The van der Waals surface area contributed by atoms with Gasteiger partial charge in [-0.1, -0.05) is 39.0 Å².